The molecule has 2 aliphatic rings. The standard InChI is InChI=1S/C25H28ClN7O3/c1-36-21-4-3-15(7-20(21)26)10-29-23-19(24(35)30-12-22-27-5-2-6-28-22)11-31-25(32-23)33-13-17-8-16(17)9-18(33)14-34/h2-7,11,16-18,34H,8-10,12-14H2,1H3,(H,30,35)(H,29,31,32). The SMILES string of the molecule is COc1ccc(CNc2nc(N3CC4CC4CC3CO)ncc2C(=O)NCc2ncccn2)cc1Cl. The number of nitrogens with one attached hydrogen (secondary N) is 2. The Morgan fingerprint density at radius 3 is 2.78 bits per heavy atom. The van der Waals surface area contributed by atoms with E-state index in [0.29, 0.717) is 52.3 Å². The van der Waals surface area contributed by atoms with Gasteiger partial charge < -0.3 is 25.4 Å². The van der Waals surface area contributed by atoms with E-state index >= 15 is 0 Å². The smallest absolute Gasteiger partial charge is 0.256 e. The third-order valence-corrected chi connectivity index (χ3v) is 7.00. The highest BCUT2D eigenvalue weighted by Gasteiger charge is 2.46. The number of anilines is 2. The first-order valence-corrected chi connectivity index (χ1v) is 12.3. The van der Waals surface area contributed by atoms with Crippen molar-refractivity contribution in [2.24, 2.45) is 11.8 Å². The number of amides is 1. The van der Waals surface area contributed by atoms with Crippen molar-refractivity contribution in [2.75, 3.05) is 30.5 Å². The number of nitrogens with zero attached hydrogens (tertiary/aromatic N) is 5. The second-order valence-electron chi connectivity index (χ2n) is 9.08. The van der Waals surface area contributed by atoms with Crippen molar-refractivity contribution in [2.45, 2.75) is 32.0 Å². The third-order valence-electron chi connectivity index (χ3n) is 6.71. The summed E-state index contributed by atoms with van der Waals surface area (Å²) in [6.45, 7) is 1.41. The topological polar surface area (TPSA) is 125 Å². The predicted molar refractivity (Wildman–Crippen MR) is 135 cm³/mol. The number of halogens is 1. The first-order valence-electron chi connectivity index (χ1n) is 11.9. The molecule has 3 N–H and O–H groups in total. The molecule has 3 aromatic rings. The van der Waals surface area contributed by atoms with Crippen molar-refractivity contribution < 1.29 is 14.6 Å². The molecule has 2 aromatic heterocycles. The maximum Gasteiger partial charge on any atom is 0.256 e. The summed E-state index contributed by atoms with van der Waals surface area (Å²) in [5.74, 6) is 2.94. The molecule has 3 heterocycles. The highest BCUT2D eigenvalue weighted by molar-refractivity contribution is 6.32. The van der Waals surface area contributed by atoms with Crippen LogP contribution in [0.4, 0.5) is 11.8 Å². The van der Waals surface area contributed by atoms with Gasteiger partial charge in [-0.25, -0.2) is 15.0 Å². The summed E-state index contributed by atoms with van der Waals surface area (Å²) < 4.78 is 5.23. The lowest BCUT2D eigenvalue weighted by Crippen LogP contribution is -2.44. The zero-order valence-electron chi connectivity index (χ0n) is 19.9. The van der Waals surface area contributed by atoms with E-state index in [1.807, 2.05) is 12.1 Å². The van der Waals surface area contributed by atoms with Gasteiger partial charge in [0.1, 0.15) is 23.0 Å². The molecule has 1 aliphatic carbocycles. The van der Waals surface area contributed by atoms with Crippen molar-refractivity contribution in [3.63, 3.8) is 0 Å². The maximum absolute atomic E-state index is 13.1. The number of rotatable bonds is 9. The molecule has 1 saturated carbocycles. The number of methoxy groups -OCH3 is 1. The molecule has 0 bridgehead atoms. The molecule has 1 aromatic carbocycles. The lowest BCUT2D eigenvalue weighted by molar-refractivity contribution is 0.0950. The Kier molecular flexibility index (Phi) is 7.15. The zero-order chi connectivity index (χ0) is 25.1. The van der Waals surface area contributed by atoms with E-state index in [-0.39, 0.29) is 25.1 Å². The number of benzene rings is 1. The largest absolute Gasteiger partial charge is 0.495 e. The summed E-state index contributed by atoms with van der Waals surface area (Å²) in [4.78, 5) is 32.7. The first-order chi connectivity index (χ1) is 17.6. The molecule has 0 spiro atoms. The van der Waals surface area contributed by atoms with Crippen LogP contribution in [0.1, 0.15) is 34.6 Å². The van der Waals surface area contributed by atoms with Crippen LogP contribution >= 0.6 is 11.6 Å². The van der Waals surface area contributed by atoms with E-state index in [9.17, 15) is 9.90 Å². The van der Waals surface area contributed by atoms with Crippen LogP contribution in [0.5, 0.6) is 5.75 Å². The van der Waals surface area contributed by atoms with Crippen molar-refractivity contribution in [1.29, 1.82) is 0 Å². The van der Waals surface area contributed by atoms with Crippen molar-refractivity contribution in [3.05, 3.63) is 64.8 Å². The van der Waals surface area contributed by atoms with E-state index in [1.54, 1.807) is 31.6 Å². The van der Waals surface area contributed by atoms with Crippen LogP contribution in [0.25, 0.3) is 0 Å². The molecule has 1 aliphatic heterocycles. The van der Waals surface area contributed by atoms with Crippen LogP contribution in [0, 0.1) is 11.8 Å². The highest BCUT2D eigenvalue weighted by atomic mass is 35.5. The van der Waals surface area contributed by atoms with E-state index in [4.69, 9.17) is 21.3 Å². The maximum atomic E-state index is 13.1. The molecule has 5 rings (SSSR count). The third kappa shape index (κ3) is 5.34. The van der Waals surface area contributed by atoms with Crippen molar-refractivity contribution >= 4 is 29.3 Å². The van der Waals surface area contributed by atoms with Crippen LogP contribution in [0.3, 0.4) is 0 Å². The summed E-state index contributed by atoms with van der Waals surface area (Å²) in [6, 6.07) is 7.18. The lowest BCUT2D eigenvalue weighted by Gasteiger charge is -2.34. The summed E-state index contributed by atoms with van der Waals surface area (Å²) in [6.07, 6.45) is 6.88. The van der Waals surface area contributed by atoms with Gasteiger partial charge in [-0.1, -0.05) is 17.7 Å². The number of piperidine rings is 1. The van der Waals surface area contributed by atoms with Gasteiger partial charge in [-0.05, 0) is 48.4 Å². The average molecular weight is 510 g/mol. The van der Waals surface area contributed by atoms with Gasteiger partial charge in [-0.2, -0.15) is 4.98 Å². The number of aromatic nitrogens is 4. The fourth-order valence-electron chi connectivity index (χ4n) is 4.61. The molecule has 188 valence electrons. The summed E-state index contributed by atoms with van der Waals surface area (Å²) in [5, 5.41) is 16.6. The highest BCUT2D eigenvalue weighted by Crippen LogP contribution is 2.47. The van der Waals surface area contributed by atoms with Crippen LogP contribution in [0.2, 0.25) is 5.02 Å². The Bertz CT molecular complexity index is 1230. The molecule has 3 atom stereocenters. The van der Waals surface area contributed by atoms with Crippen LogP contribution in [0.15, 0.2) is 42.9 Å². The minimum absolute atomic E-state index is 0.0306. The van der Waals surface area contributed by atoms with Crippen molar-refractivity contribution in [1.82, 2.24) is 25.3 Å². The molecule has 3 unspecified atom stereocenters. The van der Waals surface area contributed by atoms with Gasteiger partial charge >= 0.3 is 0 Å². The molecule has 0 radical (unpaired) electrons. The molecule has 10 nitrogen and oxygen atoms in total. The minimum atomic E-state index is -0.344. The Labute approximate surface area is 214 Å². The van der Waals surface area contributed by atoms with Gasteiger partial charge in [0.25, 0.3) is 5.91 Å². The number of hydrogen-bond donors (Lipinski definition) is 3. The fraction of sp³-hybridized carbons (Fsp3) is 0.400. The molecular formula is C25H28ClN7O3. The Morgan fingerprint density at radius 2 is 2.03 bits per heavy atom. The number of carbonyl (C=O) groups excluding carboxylic acids is 1. The number of ether oxygens (including phenoxy) is 1. The lowest BCUT2D eigenvalue weighted by atomic mass is 10.0. The number of fused-ring (bicyclic) bond motifs is 1. The fourth-order valence-corrected chi connectivity index (χ4v) is 4.89. The predicted octanol–water partition coefficient (Wildman–Crippen LogP) is 2.68. The number of aliphatic hydroxyl groups excluding tert-OH is 1. The van der Waals surface area contributed by atoms with E-state index in [0.717, 1.165) is 18.5 Å². The van der Waals surface area contributed by atoms with Gasteiger partial charge in [0.05, 0.1) is 31.3 Å². The minimum Gasteiger partial charge on any atom is -0.495 e. The zero-order valence-corrected chi connectivity index (χ0v) is 20.6. The average Bonchev–Trinajstić information content (AvgIpc) is 3.69. The van der Waals surface area contributed by atoms with Gasteiger partial charge in [-0.15, -0.1) is 0 Å². The van der Waals surface area contributed by atoms with E-state index in [2.05, 4.69) is 30.5 Å². The normalized spacial score (nSPS) is 20.4. The Hall–Kier alpha value is -3.50. The Morgan fingerprint density at radius 1 is 1.19 bits per heavy atom. The van der Waals surface area contributed by atoms with E-state index in [1.165, 1.54) is 12.6 Å². The number of aliphatic hydroxyl groups is 1. The van der Waals surface area contributed by atoms with Crippen LogP contribution in [-0.4, -0.2) is 57.3 Å². The first kappa shape index (κ1) is 24.2. The van der Waals surface area contributed by atoms with Gasteiger partial charge in [0, 0.05) is 31.7 Å². The Balaban J connectivity index is 1.39. The van der Waals surface area contributed by atoms with Gasteiger partial charge in [0.15, 0.2) is 0 Å². The second-order valence-corrected chi connectivity index (χ2v) is 9.49. The van der Waals surface area contributed by atoms with Gasteiger partial charge in [0.2, 0.25) is 5.95 Å². The monoisotopic (exact) mass is 509 g/mol. The molecule has 1 amide bonds. The van der Waals surface area contributed by atoms with E-state index < -0.39 is 0 Å². The molecule has 36 heavy (non-hydrogen) atoms. The molecule has 11 heteroatoms. The molecule has 1 saturated heterocycles. The summed E-state index contributed by atoms with van der Waals surface area (Å²) in [5.41, 5.74) is 1.20. The van der Waals surface area contributed by atoms with Gasteiger partial charge in [-0.3, -0.25) is 4.79 Å². The quantitative estimate of drug-likeness (QED) is 0.399. The van der Waals surface area contributed by atoms with Crippen LogP contribution in [-0.2, 0) is 13.1 Å². The molecular weight excluding hydrogens is 482 g/mol. The van der Waals surface area contributed by atoms with Crippen molar-refractivity contribution in [3.8, 4) is 5.75 Å². The number of carbonyl (C=O) groups is 1. The summed E-state index contributed by atoms with van der Waals surface area (Å²) >= 11 is 6.28. The summed E-state index contributed by atoms with van der Waals surface area (Å²) in [7, 11) is 1.57. The second kappa shape index (κ2) is 10.6. The van der Waals surface area contributed by atoms with Crippen LogP contribution < -0.4 is 20.3 Å². The molecule has 2 fully saturated rings. The number of hydrogen-bond acceptors (Lipinski definition) is 9.